The first-order valence-corrected chi connectivity index (χ1v) is 15.2. The summed E-state index contributed by atoms with van der Waals surface area (Å²) in [6.45, 7) is 2.50. The van der Waals surface area contributed by atoms with E-state index >= 15 is 0 Å². The SMILES string of the molecule is C1CCNCC1.COc1cccc(OC)c1C1=c2c(ccc3c2=CCc2ccccc2-3)C(Cc2ccccc2)CC1. The van der Waals surface area contributed by atoms with E-state index in [9.17, 15) is 0 Å². The summed E-state index contributed by atoms with van der Waals surface area (Å²) in [5.41, 5.74) is 9.35. The average Bonchev–Trinajstić information content (AvgIpc) is 3.05. The van der Waals surface area contributed by atoms with Gasteiger partial charge in [0.1, 0.15) is 11.5 Å². The first-order valence-electron chi connectivity index (χ1n) is 15.2. The first-order chi connectivity index (χ1) is 20.3. The molecular weight excluding hydrogens is 502 g/mol. The number of hydrogen-bond donors (Lipinski definition) is 1. The van der Waals surface area contributed by atoms with Gasteiger partial charge in [-0.3, -0.25) is 0 Å². The summed E-state index contributed by atoms with van der Waals surface area (Å²) in [6, 6.07) is 30.6. The lowest BCUT2D eigenvalue weighted by molar-refractivity contribution is 0.391. The van der Waals surface area contributed by atoms with E-state index in [1.807, 2.05) is 6.07 Å². The Morgan fingerprint density at radius 1 is 0.732 bits per heavy atom. The van der Waals surface area contributed by atoms with Crippen molar-refractivity contribution in [2.45, 2.75) is 50.9 Å². The zero-order chi connectivity index (χ0) is 28.0. The van der Waals surface area contributed by atoms with Gasteiger partial charge in [-0.1, -0.05) is 85.3 Å². The Hall–Kier alpha value is -3.82. The predicted molar refractivity (Wildman–Crippen MR) is 170 cm³/mol. The predicted octanol–water partition coefficient (Wildman–Crippen LogP) is 6.79. The van der Waals surface area contributed by atoms with Crippen LogP contribution in [0.25, 0.3) is 22.8 Å². The van der Waals surface area contributed by atoms with Crippen LogP contribution in [-0.4, -0.2) is 27.3 Å². The monoisotopic (exact) mass is 543 g/mol. The topological polar surface area (TPSA) is 30.5 Å². The Morgan fingerprint density at radius 2 is 1.46 bits per heavy atom. The Morgan fingerprint density at radius 3 is 2.15 bits per heavy atom. The van der Waals surface area contributed by atoms with E-state index in [4.69, 9.17) is 9.47 Å². The van der Waals surface area contributed by atoms with Crippen LogP contribution in [-0.2, 0) is 12.8 Å². The summed E-state index contributed by atoms with van der Waals surface area (Å²) in [6.07, 6.45) is 10.8. The molecule has 1 N–H and O–H groups in total. The fraction of sp³-hybridized carbons (Fsp3) is 0.316. The molecule has 4 aromatic rings. The second-order valence-corrected chi connectivity index (χ2v) is 11.3. The highest BCUT2D eigenvalue weighted by atomic mass is 16.5. The highest BCUT2D eigenvalue weighted by Gasteiger charge is 2.27. The molecule has 0 bridgehead atoms. The van der Waals surface area contributed by atoms with E-state index in [-0.39, 0.29) is 0 Å². The summed E-state index contributed by atoms with van der Waals surface area (Å²) in [4.78, 5) is 0. The number of piperidine rings is 1. The normalized spacial score (nSPS) is 17.1. The number of methoxy groups -OCH3 is 2. The number of hydrogen-bond acceptors (Lipinski definition) is 3. The van der Waals surface area contributed by atoms with Crippen LogP contribution in [0, 0.1) is 0 Å². The minimum Gasteiger partial charge on any atom is -0.496 e. The van der Waals surface area contributed by atoms with Crippen LogP contribution in [0.15, 0.2) is 84.9 Å². The molecule has 4 aromatic carbocycles. The molecule has 0 spiro atoms. The molecule has 0 amide bonds. The summed E-state index contributed by atoms with van der Waals surface area (Å²) in [5.74, 6) is 2.23. The zero-order valence-electron chi connectivity index (χ0n) is 24.4. The first kappa shape index (κ1) is 27.4. The minimum atomic E-state index is 0.479. The summed E-state index contributed by atoms with van der Waals surface area (Å²) in [7, 11) is 3.51. The molecule has 0 aromatic heterocycles. The van der Waals surface area contributed by atoms with Crippen LogP contribution in [0.5, 0.6) is 11.5 Å². The molecular formula is C38H41NO2. The second-order valence-electron chi connectivity index (χ2n) is 11.3. The molecule has 1 heterocycles. The van der Waals surface area contributed by atoms with E-state index < -0.39 is 0 Å². The molecule has 3 nitrogen and oxygen atoms in total. The number of ether oxygens (including phenoxy) is 2. The maximum absolute atomic E-state index is 5.87. The molecule has 1 unspecified atom stereocenters. The lowest BCUT2D eigenvalue weighted by Gasteiger charge is -2.29. The van der Waals surface area contributed by atoms with Crippen LogP contribution in [0.1, 0.15) is 60.3 Å². The van der Waals surface area contributed by atoms with Gasteiger partial charge in [-0.2, -0.15) is 0 Å². The summed E-state index contributed by atoms with van der Waals surface area (Å²) in [5, 5.41) is 6.03. The van der Waals surface area contributed by atoms with Crippen molar-refractivity contribution >= 4 is 11.6 Å². The molecule has 41 heavy (non-hydrogen) atoms. The van der Waals surface area contributed by atoms with Crippen LogP contribution in [0.4, 0.5) is 0 Å². The molecule has 1 aliphatic heterocycles. The zero-order valence-corrected chi connectivity index (χ0v) is 24.4. The summed E-state index contributed by atoms with van der Waals surface area (Å²) >= 11 is 0. The number of rotatable bonds is 5. The average molecular weight is 544 g/mol. The van der Waals surface area contributed by atoms with Gasteiger partial charge in [-0.25, -0.2) is 0 Å². The van der Waals surface area contributed by atoms with E-state index in [0.717, 1.165) is 42.7 Å². The lowest BCUT2D eigenvalue weighted by atomic mass is 9.76. The largest absolute Gasteiger partial charge is 0.496 e. The van der Waals surface area contributed by atoms with Crippen LogP contribution in [0.2, 0.25) is 0 Å². The van der Waals surface area contributed by atoms with Gasteiger partial charge in [-0.15, -0.1) is 0 Å². The van der Waals surface area contributed by atoms with Gasteiger partial charge in [-0.05, 0) is 113 Å². The molecule has 7 rings (SSSR count). The minimum absolute atomic E-state index is 0.479. The maximum atomic E-state index is 5.87. The van der Waals surface area contributed by atoms with E-state index in [1.54, 1.807) is 14.2 Å². The third kappa shape index (κ3) is 5.69. The van der Waals surface area contributed by atoms with Gasteiger partial charge in [0, 0.05) is 0 Å². The fourth-order valence-electron chi connectivity index (χ4n) is 6.84. The lowest BCUT2D eigenvalue weighted by Crippen LogP contribution is -2.38. The van der Waals surface area contributed by atoms with Crippen molar-refractivity contribution in [2.75, 3.05) is 27.3 Å². The van der Waals surface area contributed by atoms with Gasteiger partial charge in [0.05, 0.1) is 19.8 Å². The van der Waals surface area contributed by atoms with Crippen molar-refractivity contribution in [1.82, 2.24) is 5.32 Å². The fourth-order valence-corrected chi connectivity index (χ4v) is 6.84. The molecule has 0 radical (unpaired) electrons. The van der Waals surface area contributed by atoms with Gasteiger partial charge in [0.25, 0.3) is 0 Å². The van der Waals surface area contributed by atoms with Gasteiger partial charge < -0.3 is 14.8 Å². The number of nitrogens with one attached hydrogen (secondary N) is 1. The molecule has 2 aliphatic carbocycles. The quantitative estimate of drug-likeness (QED) is 0.301. The Balaban J connectivity index is 0.000000449. The third-order valence-corrected chi connectivity index (χ3v) is 8.86. The Kier molecular flexibility index (Phi) is 8.53. The highest BCUT2D eigenvalue weighted by Crippen LogP contribution is 2.40. The molecule has 3 aliphatic rings. The van der Waals surface area contributed by atoms with Gasteiger partial charge in [0.15, 0.2) is 0 Å². The van der Waals surface area contributed by atoms with Crippen molar-refractivity contribution in [3.63, 3.8) is 0 Å². The van der Waals surface area contributed by atoms with E-state index in [2.05, 4.69) is 90.3 Å². The molecule has 1 atom stereocenters. The van der Waals surface area contributed by atoms with Crippen LogP contribution in [0.3, 0.4) is 0 Å². The van der Waals surface area contributed by atoms with Gasteiger partial charge in [0.2, 0.25) is 0 Å². The smallest absolute Gasteiger partial charge is 0.130 e. The standard InChI is InChI=1S/C33H30O2.C5H11N/c1-34-30-13-8-14-31(35-2)33(30)29-18-16-24(21-22-9-4-3-5-10-22)26-19-20-27-25-12-7-6-11-23(25)15-17-28(27)32(26)29;1-2-4-6-5-3-1/h3-14,17,19-20,24H,15-16,18,21H2,1-2H3;6H,1-5H2. The number of fused-ring (bicyclic) bond motifs is 5. The molecule has 1 fully saturated rings. The summed E-state index contributed by atoms with van der Waals surface area (Å²) < 4.78 is 11.7. The van der Waals surface area contributed by atoms with Crippen molar-refractivity contribution in [1.29, 1.82) is 0 Å². The van der Waals surface area contributed by atoms with E-state index in [1.165, 1.54) is 76.2 Å². The Labute approximate surface area is 244 Å². The van der Waals surface area contributed by atoms with Crippen molar-refractivity contribution < 1.29 is 9.47 Å². The van der Waals surface area contributed by atoms with Crippen molar-refractivity contribution in [3.05, 3.63) is 118 Å². The molecule has 3 heteroatoms. The highest BCUT2D eigenvalue weighted by molar-refractivity contribution is 5.80. The van der Waals surface area contributed by atoms with Crippen LogP contribution < -0.4 is 25.2 Å². The van der Waals surface area contributed by atoms with Gasteiger partial charge >= 0.3 is 0 Å². The molecule has 210 valence electrons. The molecule has 0 saturated carbocycles. The van der Waals surface area contributed by atoms with Crippen molar-refractivity contribution in [3.8, 4) is 22.6 Å². The van der Waals surface area contributed by atoms with Crippen molar-refractivity contribution in [2.24, 2.45) is 0 Å². The second kappa shape index (κ2) is 12.8. The third-order valence-electron chi connectivity index (χ3n) is 8.86. The van der Waals surface area contributed by atoms with Crippen LogP contribution >= 0.6 is 0 Å². The van der Waals surface area contributed by atoms with E-state index in [0.29, 0.717) is 5.92 Å². The Bertz CT molecular complexity index is 1580. The number of benzene rings is 4. The maximum Gasteiger partial charge on any atom is 0.130 e. The molecule has 1 saturated heterocycles.